The lowest BCUT2D eigenvalue weighted by atomic mass is 9.80. The molecule has 1 saturated heterocycles. The van der Waals surface area contributed by atoms with Crippen molar-refractivity contribution in [3.8, 4) is 5.75 Å². The molecule has 1 aromatic carbocycles. The number of para-hydroxylation sites is 1. The number of hydroxylamine groups is 2. The molecule has 0 bridgehead atoms. The van der Waals surface area contributed by atoms with Gasteiger partial charge in [-0.2, -0.15) is 8.42 Å². The number of benzene rings is 1. The molecule has 0 aliphatic carbocycles. The molecule has 22 heavy (non-hydrogen) atoms. The average Bonchev–Trinajstić information content (AvgIpc) is 2.35. The third-order valence-corrected chi connectivity index (χ3v) is 4.65. The van der Waals surface area contributed by atoms with E-state index in [9.17, 15) is 13.6 Å². The number of hydrogen-bond acceptors (Lipinski definition) is 5. The van der Waals surface area contributed by atoms with E-state index in [-0.39, 0.29) is 5.75 Å². The van der Waals surface area contributed by atoms with E-state index in [1.165, 1.54) is 12.1 Å². The van der Waals surface area contributed by atoms with Gasteiger partial charge in [-0.1, -0.05) is 18.2 Å². The Morgan fingerprint density at radius 3 is 2.05 bits per heavy atom. The SMILES string of the molecule is CC1(C)CC(OS(=O)(=O)Oc2ccccc2)CC(C)(C)N1[O]. The van der Waals surface area contributed by atoms with E-state index in [0.29, 0.717) is 12.8 Å². The molecule has 7 heteroatoms. The molecule has 0 aromatic heterocycles. The summed E-state index contributed by atoms with van der Waals surface area (Å²) in [5, 5.41) is 13.3. The molecule has 0 amide bonds. The largest absolute Gasteiger partial charge is 0.449 e. The van der Waals surface area contributed by atoms with Gasteiger partial charge >= 0.3 is 10.4 Å². The van der Waals surface area contributed by atoms with Crippen molar-refractivity contribution in [1.29, 1.82) is 0 Å². The molecule has 2 rings (SSSR count). The molecule has 1 aliphatic rings. The van der Waals surface area contributed by atoms with Crippen LogP contribution in [0.5, 0.6) is 5.75 Å². The highest BCUT2D eigenvalue weighted by Gasteiger charge is 2.47. The van der Waals surface area contributed by atoms with Crippen LogP contribution in [0, 0.1) is 0 Å². The maximum atomic E-state index is 12.3. The lowest BCUT2D eigenvalue weighted by Crippen LogP contribution is -2.60. The summed E-state index contributed by atoms with van der Waals surface area (Å²) in [6.07, 6.45) is 0.0400. The fourth-order valence-corrected chi connectivity index (χ4v) is 3.88. The van der Waals surface area contributed by atoms with Crippen molar-refractivity contribution < 1.29 is 22.0 Å². The second-order valence-corrected chi connectivity index (χ2v) is 8.03. The fraction of sp³-hybridized carbons (Fsp3) is 0.600. The van der Waals surface area contributed by atoms with E-state index >= 15 is 0 Å². The van der Waals surface area contributed by atoms with Gasteiger partial charge in [-0.15, -0.1) is 10.3 Å². The van der Waals surface area contributed by atoms with Crippen LogP contribution in [0.1, 0.15) is 40.5 Å². The van der Waals surface area contributed by atoms with E-state index in [0.717, 1.165) is 5.06 Å². The first-order chi connectivity index (χ1) is 10.0. The van der Waals surface area contributed by atoms with Gasteiger partial charge in [0.25, 0.3) is 0 Å². The lowest BCUT2D eigenvalue weighted by Gasteiger charge is -2.49. The third kappa shape index (κ3) is 3.98. The van der Waals surface area contributed by atoms with Crippen LogP contribution in [-0.2, 0) is 19.8 Å². The Labute approximate surface area is 131 Å². The summed E-state index contributed by atoms with van der Waals surface area (Å²) in [5.41, 5.74) is -1.40. The average molecular weight is 328 g/mol. The first-order valence-corrected chi connectivity index (χ1v) is 8.50. The van der Waals surface area contributed by atoms with Crippen LogP contribution in [0.2, 0.25) is 0 Å². The summed E-state index contributed by atoms with van der Waals surface area (Å²) in [5.74, 6) is 0.197. The van der Waals surface area contributed by atoms with E-state index in [1.807, 2.05) is 0 Å². The molecule has 0 N–H and O–H groups in total. The second-order valence-electron chi connectivity index (χ2n) is 6.85. The van der Waals surface area contributed by atoms with Crippen molar-refractivity contribution in [2.75, 3.05) is 0 Å². The first kappa shape index (κ1) is 17.2. The minimum Gasteiger partial charge on any atom is -0.362 e. The maximum absolute atomic E-state index is 12.3. The Bertz CT molecular complexity index is 594. The minimum atomic E-state index is -4.17. The monoisotopic (exact) mass is 328 g/mol. The summed E-state index contributed by atoms with van der Waals surface area (Å²) < 4.78 is 34.2. The predicted octanol–water partition coefficient (Wildman–Crippen LogP) is 2.69. The van der Waals surface area contributed by atoms with Crippen molar-refractivity contribution in [2.45, 2.75) is 57.7 Å². The minimum absolute atomic E-state index is 0.197. The van der Waals surface area contributed by atoms with E-state index in [4.69, 9.17) is 8.37 Å². The highest BCUT2D eigenvalue weighted by molar-refractivity contribution is 7.82. The quantitative estimate of drug-likeness (QED) is 0.849. The van der Waals surface area contributed by atoms with E-state index in [2.05, 4.69) is 0 Å². The topological polar surface area (TPSA) is 75.7 Å². The zero-order valence-electron chi connectivity index (χ0n) is 13.3. The zero-order chi connectivity index (χ0) is 16.6. The van der Waals surface area contributed by atoms with Crippen LogP contribution in [0.15, 0.2) is 30.3 Å². The van der Waals surface area contributed by atoms with Crippen molar-refractivity contribution >= 4 is 10.4 Å². The molecule has 6 nitrogen and oxygen atoms in total. The maximum Gasteiger partial charge on any atom is 0.449 e. The van der Waals surface area contributed by atoms with Crippen LogP contribution in [0.25, 0.3) is 0 Å². The van der Waals surface area contributed by atoms with Crippen molar-refractivity contribution in [3.05, 3.63) is 30.3 Å². The van der Waals surface area contributed by atoms with Gasteiger partial charge in [0.2, 0.25) is 0 Å². The molecule has 0 saturated carbocycles. The van der Waals surface area contributed by atoms with Crippen molar-refractivity contribution in [3.63, 3.8) is 0 Å². The van der Waals surface area contributed by atoms with Crippen molar-refractivity contribution in [1.82, 2.24) is 5.06 Å². The van der Waals surface area contributed by atoms with Crippen LogP contribution < -0.4 is 4.18 Å². The lowest BCUT2D eigenvalue weighted by molar-refractivity contribution is -0.296. The fourth-order valence-electron chi connectivity index (χ4n) is 3.02. The molecule has 0 unspecified atom stereocenters. The Morgan fingerprint density at radius 2 is 1.55 bits per heavy atom. The van der Waals surface area contributed by atoms with Crippen LogP contribution in [-0.4, -0.2) is 30.7 Å². The summed E-state index contributed by atoms with van der Waals surface area (Å²) in [6.45, 7) is 7.12. The standard InChI is InChI=1S/C15H22NO5S/c1-14(2)10-13(11-15(3,4)16(14)17)21-22(18,19)20-12-8-6-5-7-9-12/h5-9,13H,10-11H2,1-4H3. The van der Waals surface area contributed by atoms with E-state index in [1.54, 1.807) is 45.9 Å². The summed E-state index contributed by atoms with van der Waals surface area (Å²) in [7, 11) is -4.17. The molecule has 1 fully saturated rings. The Morgan fingerprint density at radius 1 is 1.05 bits per heavy atom. The Balaban J connectivity index is 2.10. The predicted molar refractivity (Wildman–Crippen MR) is 80.8 cm³/mol. The van der Waals surface area contributed by atoms with Crippen LogP contribution >= 0.6 is 0 Å². The molecule has 1 aliphatic heterocycles. The molecular formula is C15H22NO5S. The molecule has 0 atom stereocenters. The second kappa shape index (κ2) is 5.81. The molecule has 0 spiro atoms. The van der Waals surface area contributed by atoms with Gasteiger partial charge in [-0.3, -0.25) is 0 Å². The van der Waals surface area contributed by atoms with Gasteiger partial charge in [0.15, 0.2) is 0 Å². The van der Waals surface area contributed by atoms with Gasteiger partial charge in [0.05, 0.1) is 6.10 Å². The van der Waals surface area contributed by atoms with Gasteiger partial charge in [-0.05, 0) is 52.7 Å². The molecular weight excluding hydrogens is 306 g/mol. The van der Waals surface area contributed by atoms with Crippen LogP contribution in [0.4, 0.5) is 0 Å². The highest BCUT2D eigenvalue weighted by Crippen LogP contribution is 2.38. The van der Waals surface area contributed by atoms with Crippen molar-refractivity contribution in [2.24, 2.45) is 0 Å². The zero-order valence-corrected chi connectivity index (χ0v) is 14.1. The molecule has 1 heterocycles. The normalized spacial score (nSPS) is 22.4. The first-order valence-electron chi connectivity index (χ1n) is 7.17. The number of hydrogen-bond donors (Lipinski definition) is 0. The smallest absolute Gasteiger partial charge is 0.362 e. The van der Waals surface area contributed by atoms with Gasteiger partial charge in [0.1, 0.15) is 5.75 Å². The summed E-state index contributed by atoms with van der Waals surface area (Å²) >= 11 is 0. The molecule has 1 radical (unpaired) electrons. The number of rotatable bonds is 4. The third-order valence-electron chi connectivity index (χ3n) is 3.75. The number of nitrogens with zero attached hydrogens (tertiary/aromatic N) is 1. The van der Waals surface area contributed by atoms with E-state index < -0.39 is 27.6 Å². The summed E-state index contributed by atoms with van der Waals surface area (Å²) in [6, 6.07) is 8.18. The van der Waals surface area contributed by atoms with Gasteiger partial charge < -0.3 is 4.18 Å². The summed E-state index contributed by atoms with van der Waals surface area (Å²) in [4.78, 5) is 0. The van der Waals surface area contributed by atoms with Crippen LogP contribution in [0.3, 0.4) is 0 Å². The highest BCUT2D eigenvalue weighted by atomic mass is 32.3. The van der Waals surface area contributed by atoms with Gasteiger partial charge in [0, 0.05) is 11.1 Å². The molecule has 1 aromatic rings. The Kier molecular flexibility index (Phi) is 4.54. The molecule has 123 valence electrons. The Hall–Kier alpha value is -1.15. The van der Waals surface area contributed by atoms with Gasteiger partial charge in [-0.25, -0.2) is 4.18 Å². The number of piperidine rings is 1.